The molecular formula is C13H26N2S. The predicted molar refractivity (Wildman–Crippen MR) is 72.7 cm³/mol. The number of hydrogen-bond donors (Lipinski definition) is 2. The van der Waals surface area contributed by atoms with Crippen LogP contribution in [0.3, 0.4) is 0 Å². The third-order valence-corrected chi connectivity index (χ3v) is 4.55. The fourth-order valence-corrected chi connectivity index (χ4v) is 3.83. The van der Waals surface area contributed by atoms with Crippen LogP contribution in [0.4, 0.5) is 0 Å². The van der Waals surface area contributed by atoms with Gasteiger partial charge in [0, 0.05) is 13.1 Å². The zero-order valence-corrected chi connectivity index (χ0v) is 11.6. The zero-order valence-electron chi connectivity index (χ0n) is 10.7. The second kappa shape index (κ2) is 5.28. The molecule has 1 saturated heterocycles. The monoisotopic (exact) mass is 242 g/mol. The molecule has 0 atom stereocenters. The molecule has 0 aromatic rings. The average Bonchev–Trinajstić information content (AvgIpc) is 2.18. The number of likely N-dealkylation sites (tertiary alicyclic amines) is 1. The maximum Gasteiger partial charge on any atom is 0.00849 e. The minimum atomic E-state index is 0.725. The minimum Gasteiger partial charge on any atom is -0.303 e. The first kappa shape index (κ1) is 12.7. The molecule has 0 bridgehead atoms. The molecule has 94 valence electrons. The van der Waals surface area contributed by atoms with E-state index >= 15 is 0 Å². The summed E-state index contributed by atoms with van der Waals surface area (Å²) >= 11 is 4.09. The third-order valence-electron chi connectivity index (χ3n) is 4.36. The lowest BCUT2D eigenvalue weighted by Crippen LogP contribution is -2.49. The normalized spacial score (nSPS) is 26.2. The molecule has 2 aliphatic rings. The van der Waals surface area contributed by atoms with Crippen molar-refractivity contribution in [3.05, 3.63) is 0 Å². The van der Waals surface area contributed by atoms with Crippen LogP contribution in [0.5, 0.6) is 0 Å². The highest BCUT2D eigenvalue weighted by Crippen LogP contribution is 2.52. The van der Waals surface area contributed by atoms with Gasteiger partial charge in [0.1, 0.15) is 0 Å². The van der Waals surface area contributed by atoms with Gasteiger partial charge in [-0.15, -0.1) is 0 Å². The van der Waals surface area contributed by atoms with Crippen molar-refractivity contribution >= 4 is 12.8 Å². The van der Waals surface area contributed by atoms with Crippen molar-refractivity contribution in [1.82, 2.24) is 9.62 Å². The molecule has 2 rings (SSSR count). The van der Waals surface area contributed by atoms with E-state index in [0.29, 0.717) is 0 Å². The van der Waals surface area contributed by atoms with Gasteiger partial charge in [-0.3, -0.25) is 4.72 Å². The Bertz CT molecular complexity index is 214. The topological polar surface area (TPSA) is 15.3 Å². The highest BCUT2D eigenvalue weighted by atomic mass is 32.1. The van der Waals surface area contributed by atoms with Crippen molar-refractivity contribution in [3.63, 3.8) is 0 Å². The Morgan fingerprint density at radius 1 is 1.31 bits per heavy atom. The largest absolute Gasteiger partial charge is 0.303 e. The van der Waals surface area contributed by atoms with Gasteiger partial charge in [0.2, 0.25) is 0 Å². The molecule has 0 unspecified atom stereocenters. The van der Waals surface area contributed by atoms with Crippen molar-refractivity contribution in [2.75, 3.05) is 26.2 Å². The summed E-state index contributed by atoms with van der Waals surface area (Å²) in [5.41, 5.74) is 0.725. The predicted octanol–water partition coefficient (Wildman–Crippen LogP) is 2.57. The summed E-state index contributed by atoms with van der Waals surface area (Å²) in [5, 5.41) is 0. The van der Waals surface area contributed by atoms with Crippen LogP contribution < -0.4 is 4.72 Å². The maximum atomic E-state index is 4.09. The van der Waals surface area contributed by atoms with Gasteiger partial charge in [-0.2, -0.15) is 0 Å². The van der Waals surface area contributed by atoms with Crippen molar-refractivity contribution in [2.45, 2.75) is 39.5 Å². The first-order valence-electron chi connectivity index (χ1n) is 6.73. The van der Waals surface area contributed by atoms with Crippen LogP contribution >= 0.6 is 12.8 Å². The molecule has 1 heterocycles. The molecule has 3 heteroatoms. The van der Waals surface area contributed by atoms with Crippen LogP contribution in [0.25, 0.3) is 0 Å². The number of thiol groups is 1. The molecular weight excluding hydrogens is 216 g/mol. The lowest BCUT2D eigenvalue weighted by Gasteiger charge is -2.52. The van der Waals surface area contributed by atoms with Gasteiger partial charge in [0.25, 0.3) is 0 Å². The smallest absolute Gasteiger partial charge is 0.00849 e. The van der Waals surface area contributed by atoms with Crippen LogP contribution in [0.2, 0.25) is 0 Å². The Morgan fingerprint density at radius 3 is 2.44 bits per heavy atom. The fraction of sp³-hybridized carbons (Fsp3) is 1.00. The van der Waals surface area contributed by atoms with E-state index in [1.54, 1.807) is 0 Å². The quantitative estimate of drug-likeness (QED) is 0.737. The van der Waals surface area contributed by atoms with Crippen LogP contribution in [-0.2, 0) is 0 Å². The summed E-state index contributed by atoms with van der Waals surface area (Å²) in [6.07, 6.45) is 5.75. The highest BCUT2D eigenvalue weighted by Gasteiger charge is 2.45. The fourth-order valence-electron chi connectivity index (χ4n) is 3.57. The number of rotatable bonds is 4. The number of nitrogens with zero attached hydrogens (tertiary/aromatic N) is 1. The van der Waals surface area contributed by atoms with E-state index < -0.39 is 0 Å². The standard InChI is InChI=1S/C13H26N2S/c1-11(2)10-15-5-3-13(4-6-15)7-12(8-13)9-14-16/h11-12,14,16H,3-10H2,1-2H3. The van der Waals surface area contributed by atoms with Crippen LogP contribution in [0, 0.1) is 17.3 Å². The summed E-state index contributed by atoms with van der Waals surface area (Å²) in [7, 11) is 0. The van der Waals surface area contributed by atoms with Crippen LogP contribution in [-0.4, -0.2) is 31.1 Å². The number of hydrogen-bond acceptors (Lipinski definition) is 3. The van der Waals surface area contributed by atoms with E-state index in [1.165, 1.54) is 45.3 Å². The maximum absolute atomic E-state index is 4.09. The van der Waals surface area contributed by atoms with Gasteiger partial charge in [-0.25, -0.2) is 0 Å². The third kappa shape index (κ3) is 2.93. The lowest BCUT2D eigenvalue weighted by molar-refractivity contribution is -0.0128. The molecule has 1 aliphatic carbocycles. The molecule has 2 nitrogen and oxygen atoms in total. The molecule has 0 aromatic carbocycles. The van der Waals surface area contributed by atoms with Gasteiger partial charge in [-0.05, 0) is 56.0 Å². The Labute approximate surface area is 106 Å². The Hall–Kier alpha value is 0.270. The number of nitrogens with one attached hydrogen (secondary N) is 1. The van der Waals surface area contributed by atoms with Crippen molar-refractivity contribution in [1.29, 1.82) is 0 Å². The first-order chi connectivity index (χ1) is 7.63. The van der Waals surface area contributed by atoms with E-state index in [1.807, 2.05) is 0 Å². The SMILES string of the molecule is CC(C)CN1CCC2(CC1)CC(CNS)C2. The zero-order chi connectivity index (χ0) is 11.6. The lowest BCUT2D eigenvalue weighted by atomic mass is 9.57. The first-order valence-corrected chi connectivity index (χ1v) is 7.17. The molecule has 1 N–H and O–H groups in total. The van der Waals surface area contributed by atoms with Crippen molar-refractivity contribution < 1.29 is 0 Å². The van der Waals surface area contributed by atoms with E-state index in [2.05, 4.69) is 36.3 Å². The molecule has 16 heavy (non-hydrogen) atoms. The van der Waals surface area contributed by atoms with Crippen molar-refractivity contribution in [2.24, 2.45) is 17.3 Å². The van der Waals surface area contributed by atoms with Gasteiger partial charge in [0.05, 0.1) is 0 Å². The van der Waals surface area contributed by atoms with Gasteiger partial charge >= 0.3 is 0 Å². The molecule has 2 fully saturated rings. The molecule has 1 aliphatic heterocycles. The Kier molecular flexibility index (Phi) is 4.20. The Balaban J connectivity index is 1.70. The van der Waals surface area contributed by atoms with Gasteiger partial charge in [0.15, 0.2) is 0 Å². The highest BCUT2D eigenvalue weighted by molar-refractivity contribution is 7.78. The van der Waals surface area contributed by atoms with Gasteiger partial charge < -0.3 is 4.90 Å². The average molecular weight is 242 g/mol. The summed E-state index contributed by atoms with van der Waals surface area (Å²) < 4.78 is 3.01. The summed E-state index contributed by atoms with van der Waals surface area (Å²) in [4.78, 5) is 2.65. The van der Waals surface area contributed by atoms with E-state index in [-0.39, 0.29) is 0 Å². The van der Waals surface area contributed by atoms with Crippen molar-refractivity contribution in [3.8, 4) is 0 Å². The second-order valence-corrected chi connectivity index (χ2v) is 6.65. The minimum absolute atomic E-state index is 0.725. The summed E-state index contributed by atoms with van der Waals surface area (Å²) in [6, 6.07) is 0. The molecule has 1 saturated carbocycles. The number of piperidine rings is 1. The Morgan fingerprint density at radius 2 is 1.94 bits per heavy atom. The van der Waals surface area contributed by atoms with E-state index in [4.69, 9.17) is 0 Å². The molecule has 0 radical (unpaired) electrons. The summed E-state index contributed by atoms with van der Waals surface area (Å²) in [5.74, 6) is 1.71. The van der Waals surface area contributed by atoms with Gasteiger partial charge in [-0.1, -0.05) is 26.7 Å². The second-order valence-electron chi connectivity index (χ2n) is 6.33. The molecule has 1 spiro atoms. The molecule has 0 aromatic heterocycles. The van der Waals surface area contributed by atoms with Crippen LogP contribution in [0.15, 0.2) is 0 Å². The molecule has 0 amide bonds. The van der Waals surface area contributed by atoms with E-state index in [9.17, 15) is 0 Å². The van der Waals surface area contributed by atoms with Crippen LogP contribution in [0.1, 0.15) is 39.5 Å². The van der Waals surface area contributed by atoms with E-state index in [0.717, 1.165) is 23.8 Å². The summed E-state index contributed by atoms with van der Waals surface area (Å²) in [6.45, 7) is 9.70.